The molecule has 0 spiro atoms. The summed E-state index contributed by atoms with van der Waals surface area (Å²) in [6.45, 7) is 1.82. The van der Waals surface area contributed by atoms with Crippen molar-refractivity contribution in [3.63, 3.8) is 0 Å². The van der Waals surface area contributed by atoms with Gasteiger partial charge in [-0.1, -0.05) is 31.4 Å². The zero-order valence-electron chi connectivity index (χ0n) is 17.0. The predicted octanol–water partition coefficient (Wildman–Crippen LogP) is 3.86. The van der Waals surface area contributed by atoms with Crippen LogP contribution >= 0.6 is 11.6 Å². The topological polar surface area (TPSA) is 113 Å². The van der Waals surface area contributed by atoms with Gasteiger partial charge in [-0.05, 0) is 25.3 Å². The van der Waals surface area contributed by atoms with Crippen molar-refractivity contribution in [1.29, 1.82) is 0 Å². The van der Waals surface area contributed by atoms with E-state index in [4.69, 9.17) is 11.6 Å². The van der Waals surface area contributed by atoms with Gasteiger partial charge >= 0.3 is 0 Å². The maximum atomic E-state index is 14.6. The quantitative estimate of drug-likeness (QED) is 0.487. The summed E-state index contributed by atoms with van der Waals surface area (Å²) in [5.74, 6) is -0.168. The van der Waals surface area contributed by atoms with E-state index in [0.29, 0.717) is 41.3 Å². The van der Waals surface area contributed by atoms with Gasteiger partial charge in [-0.3, -0.25) is 0 Å². The van der Waals surface area contributed by atoms with Gasteiger partial charge < -0.3 is 10.3 Å². The molecule has 3 aromatic heterocycles. The van der Waals surface area contributed by atoms with Gasteiger partial charge in [0.2, 0.25) is 10.0 Å². The van der Waals surface area contributed by atoms with E-state index in [1.807, 2.05) is 6.92 Å². The Balaban J connectivity index is 1.61. The molecule has 0 radical (unpaired) electrons. The number of hydrogen-bond acceptors (Lipinski definition) is 6. The molecule has 0 bridgehead atoms. The molecule has 1 saturated carbocycles. The molecule has 0 aromatic carbocycles. The molecule has 1 fully saturated rings. The fraction of sp³-hybridized carbons (Fsp3) is 0.450. The summed E-state index contributed by atoms with van der Waals surface area (Å²) >= 11 is 6.07. The number of aromatic nitrogens is 4. The molecule has 3 N–H and O–H groups in total. The van der Waals surface area contributed by atoms with Gasteiger partial charge in [0.05, 0.1) is 17.0 Å². The number of fused-ring (bicyclic) bond motifs is 1. The third kappa shape index (κ3) is 4.97. The van der Waals surface area contributed by atoms with Crippen molar-refractivity contribution in [2.75, 3.05) is 11.1 Å². The number of anilines is 1. The minimum atomic E-state index is -3.38. The first-order chi connectivity index (χ1) is 14.9. The Kier molecular flexibility index (Phi) is 6.40. The largest absolute Gasteiger partial charge is 0.363 e. The van der Waals surface area contributed by atoms with E-state index in [1.165, 1.54) is 6.20 Å². The molecule has 0 amide bonds. The van der Waals surface area contributed by atoms with Gasteiger partial charge in [0.1, 0.15) is 5.65 Å². The molecule has 4 rings (SSSR count). The van der Waals surface area contributed by atoms with E-state index in [1.54, 1.807) is 12.3 Å². The summed E-state index contributed by atoms with van der Waals surface area (Å²) in [5.41, 5.74) is 1.27. The molecule has 11 heteroatoms. The Morgan fingerprint density at radius 3 is 2.77 bits per heavy atom. The van der Waals surface area contributed by atoms with Crippen LogP contribution < -0.4 is 10.0 Å². The third-order valence-corrected chi connectivity index (χ3v) is 7.19. The van der Waals surface area contributed by atoms with Gasteiger partial charge in [0.15, 0.2) is 17.5 Å². The summed E-state index contributed by atoms with van der Waals surface area (Å²) in [5, 5.41) is 4.32. The minimum absolute atomic E-state index is 0.0425. The Morgan fingerprint density at radius 1 is 1.23 bits per heavy atom. The summed E-state index contributed by atoms with van der Waals surface area (Å²) in [6, 6.07) is 1.16. The van der Waals surface area contributed by atoms with Crippen LogP contribution in [0.4, 0.5) is 10.2 Å². The fourth-order valence-corrected chi connectivity index (χ4v) is 5.50. The lowest BCUT2D eigenvalue weighted by Crippen LogP contribution is -2.49. The third-order valence-electron chi connectivity index (χ3n) is 5.37. The molecule has 2 atom stereocenters. The van der Waals surface area contributed by atoms with Crippen LogP contribution in [0.3, 0.4) is 0 Å². The summed E-state index contributed by atoms with van der Waals surface area (Å²) in [7, 11) is -3.38. The Bertz CT molecular complexity index is 1190. The standard InChI is InChI=1S/C20H24ClFN6O2S/c1-2-7-31(29,30)28-17-6-4-3-5-16(17)26-20-15(22)11-25-19(27-20)14-10-24-18-13(14)8-12(21)9-23-18/h8-11,16-17,28H,2-7H2,1H3,(H,23,24)(H,25,26,27). The van der Waals surface area contributed by atoms with E-state index in [-0.39, 0.29) is 23.7 Å². The lowest BCUT2D eigenvalue weighted by atomic mass is 9.91. The molecule has 3 heterocycles. The normalized spacial score (nSPS) is 19.6. The minimum Gasteiger partial charge on any atom is -0.363 e. The van der Waals surface area contributed by atoms with E-state index < -0.39 is 15.8 Å². The van der Waals surface area contributed by atoms with Crippen molar-refractivity contribution in [3.05, 3.63) is 35.5 Å². The monoisotopic (exact) mass is 466 g/mol. The van der Waals surface area contributed by atoms with Gasteiger partial charge in [0.25, 0.3) is 0 Å². The molecular weight excluding hydrogens is 443 g/mol. The first-order valence-corrected chi connectivity index (χ1v) is 12.3. The lowest BCUT2D eigenvalue weighted by Gasteiger charge is -2.33. The number of hydrogen-bond donors (Lipinski definition) is 3. The number of pyridine rings is 1. The van der Waals surface area contributed by atoms with E-state index in [2.05, 4.69) is 30.0 Å². The predicted molar refractivity (Wildman–Crippen MR) is 119 cm³/mol. The van der Waals surface area contributed by atoms with Crippen molar-refractivity contribution in [3.8, 4) is 11.4 Å². The van der Waals surface area contributed by atoms with Crippen molar-refractivity contribution >= 4 is 38.5 Å². The lowest BCUT2D eigenvalue weighted by molar-refractivity contribution is 0.377. The molecule has 8 nitrogen and oxygen atoms in total. The number of sulfonamides is 1. The van der Waals surface area contributed by atoms with Crippen LogP contribution in [0, 0.1) is 5.82 Å². The summed E-state index contributed by atoms with van der Waals surface area (Å²) in [6.07, 6.45) is 8.12. The zero-order chi connectivity index (χ0) is 22.0. The van der Waals surface area contributed by atoms with E-state index in [9.17, 15) is 12.8 Å². The molecule has 0 saturated heterocycles. The average Bonchev–Trinajstić information content (AvgIpc) is 3.14. The van der Waals surface area contributed by atoms with Crippen molar-refractivity contribution < 1.29 is 12.8 Å². The highest BCUT2D eigenvalue weighted by Crippen LogP contribution is 2.29. The van der Waals surface area contributed by atoms with Crippen molar-refractivity contribution in [1.82, 2.24) is 24.7 Å². The highest BCUT2D eigenvalue weighted by Gasteiger charge is 2.29. The number of H-pyrrole nitrogens is 1. The molecule has 2 unspecified atom stereocenters. The van der Waals surface area contributed by atoms with Crippen LogP contribution in [0.2, 0.25) is 5.02 Å². The van der Waals surface area contributed by atoms with Crippen molar-refractivity contribution in [2.45, 2.75) is 51.1 Å². The zero-order valence-corrected chi connectivity index (χ0v) is 18.6. The number of halogens is 2. The molecule has 31 heavy (non-hydrogen) atoms. The molecule has 1 aliphatic carbocycles. The highest BCUT2D eigenvalue weighted by molar-refractivity contribution is 7.89. The van der Waals surface area contributed by atoms with Crippen LogP contribution in [-0.2, 0) is 10.0 Å². The van der Waals surface area contributed by atoms with Gasteiger partial charge in [-0.25, -0.2) is 32.5 Å². The van der Waals surface area contributed by atoms with Crippen LogP contribution in [0.1, 0.15) is 39.0 Å². The van der Waals surface area contributed by atoms with Crippen LogP contribution in [-0.4, -0.2) is 46.2 Å². The van der Waals surface area contributed by atoms with Crippen molar-refractivity contribution in [2.24, 2.45) is 0 Å². The average molecular weight is 467 g/mol. The Labute approximate surface area is 185 Å². The Hall–Kier alpha value is -2.30. The molecule has 1 aliphatic rings. The first-order valence-electron chi connectivity index (χ1n) is 10.3. The van der Waals surface area contributed by atoms with Gasteiger partial charge in [0, 0.05) is 35.4 Å². The SMILES string of the molecule is CCCS(=O)(=O)NC1CCCCC1Nc1nc(-c2c[nH]c3ncc(Cl)cc23)ncc1F. The van der Waals surface area contributed by atoms with Crippen LogP contribution in [0.25, 0.3) is 22.4 Å². The molecule has 3 aromatic rings. The summed E-state index contributed by atoms with van der Waals surface area (Å²) in [4.78, 5) is 15.8. The van der Waals surface area contributed by atoms with Gasteiger partial charge in [-0.15, -0.1) is 0 Å². The number of nitrogens with one attached hydrogen (secondary N) is 3. The second kappa shape index (κ2) is 9.05. The first kappa shape index (κ1) is 21.9. The number of nitrogens with zero attached hydrogens (tertiary/aromatic N) is 3. The van der Waals surface area contributed by atoms with Crippen LogP contribution in [0.15, 0.2) is 24.7 Å². The van der Waals surface area contributed by atoms with Crippen LogP contribution in [0.5, 0.6) is 0 Å². The summed E-state index contributed by atoms with van der Waals surface area (Å²) < 4.78 is 41.9. The smallest absolute Gasteiger partial charge is 0.211 e. The maximum absolute atomic E-state index is 14.6. The second-order valence-electron chi connectivity index (χ2n) is 7.72. The van der Waals surface area contributed by atoms with E-state index in [0.717, 1.165) is 24.4 Å². The number of rotatable bonds is 7. The Morgan fingerprint density at radius 2 is 2.00 bits per heavy atom. The molecular formula is C20H24ClFN6O2S. The second-order valence-corrected chi connectivity index (χ2v) is 10.0. The van der Waals surface area contributed by atoms with E-state index >= 15 is 0 Å². The van der Waals surface area contributed by atoms with Gasteiger partial charge in [-0.2, -0.15) is 0 Å². The fourth-order valence-electron chi connectivity index (χ4n) is 3.94. The molecule has 166 valence electrons. The highest BCUT2D eigenvalue weighted by atomic mass is 35.5. The number of aromatic amines is 1. The maximum Gasteiger partial charge on any atom is 0.211 e. The molecule has 0 aliphatic heterocycles.